The maximum absolute atomic E-state index is 12.5. The van der Waals surface area contributed by atoms with E-state index in [9.17, 15) is 9.59 Å². The fourth-order valence-electron chi connectivity index (χ4n) is 2.51. The summed E-state index contributed by atoms with van der Waals surface area (Å²) >= 11 is 7.03. The fraction of sp³-hybridized carbons (Fsp3) is 0.375. The summed E-state index contributed by atoms with van der Waals surface area (Å²) in [5, 5.41) is 12.1. The molecule has 1 aromatic carbocycles. The van der Waals surface area contributed by atoms with Gasteiger partial charge in [0.2, 0.25) is 0 Å². The molecule has 0 radical (unpaired) electrons. The number of aliphatic hydroxyl groups is 1. The molecule has 1 aromatic rings. The summed E-state index contributed by atoms with van der Waals surface area (Å²) in [6.07, 6.45) is 0. The molecular weight excluding hydrogens is 444 g/mol. The van der Waals surface area contributed by atoms with E-state index in [0.29, 0.717) is 5.69 Å². The van der Waals surface area contributed by atoms with E-state index in [2.05, 4.69) is 37.2 Å². The molecule has 6 nitrogen and oxygen atoms in total. The van der Waals surface area contributed by atoms with E-state index < -0.39 is 5.97 Å². The van der Waals surface area contributed by atoms with Crippen LogP contribution in [0.5, 0.6) is 0 Å². The number of aryl methyl sites for hydroxylation is 1. The monoisotopic (exact) mass is 460 g/mol. The van der Waals surface area contributed by atoms with Crippen LogP contribution in [0.25, 0.3) is 0 Å². The lowest BCUT2D eigenvalue weighted by atomic mass is 10.1. The van der Waals surface area contributed by atoms with Gasteiger partial charge in [0, 0.05) is 15.5 Å². The molecule has 8 heteroatoms. The number of esters is 1. The summed E-state index contributed by atoms with van der Waals surface area (Å²) in [4.78, 5) is 25.9. The van der Waals surface area contributed by atoms with Crippen LogP contribution in [0, 0.1) is 13.8 Å². The molecule has 1 aliphatic heterocycles. The van der Waals surface area contributed by atoms with Crippen molar-refractivity contribution in [2.24, 2.45) is 0 Å². The molecular formula is C16H18Br2N2O4. The number of carbonyl (C=O) groups is 2. The van der Waals surface area contributed by atoms with Crippen molar-refractivity contribution in [1.29, 1.82) is 0 Å². The zero-order valence-corrected chi connectivity index (χ0v) is 16.7. The van der Waals surface area contributed by atoms with Crippen LogP contribution < -0.4 is 5.32 Å². The number of aliphatic hydroxyl groups excluding tert-OH is 1. The van der Waals surface area contributed by atoms with Gasteiger partial charge in [-0.05, 0) is 47.0 Å². The Morgan fingerprint density at radius 3 is 2.62 bits per heavy atom. The molecule has 1 heterocycles. The second-order valence-electron chi connectivity index (χ2n) is 5.41. The average Bonchev–Trinajstić information content (AvgIpc) is 2.87. The number of hydrogen-bond acceptors (Lipinski definition) is 5. The molecule has 0 bridgehead atoms. The van der Waals surface area contributed by atoms with Crippen LogP contribution in [-0.2, 0) is 14.3 Å². The van der Waals surface area contributed by atoms with Crippen LogP contribution >= 0.6 is 31.9 Å². The molecule has 0 atom stereocenters. The van der Waals surface area contributed by atoms with Crippen molar-refractivity contribution in [2.45, 2.75) is 13.8 Å². The maximum atomic E-state index is 12.5. The Hall–Kier alpha value is -1.38. The van der Waals surface area contributed by atoms with Gasteiger partial charge >= 0.3 is 5.97 Å². The van der Waals surface area contributed by atoms with Gasteiger partial charge < -0.3 is 20.1 Å². The number of rotatable bonds is 5. The zero-order chi connectivity index (χ0) is 18.0. The lowest BCUT2D eigenvalue weighted by Crippen LogP contribution is -2.31. The van der Waals surface area contributed by atoms with Crippen LogP contribution in [0.1, 0.15) is 11.1 Å². The normalized spacial score (nSPS) is 14.4. The standard InChI is InChI=1S/C16H18Br2N2O4/c1-8-6-11(13(18)9(2)12(8)17)19-14-10(16(23)24-3)7-20(4-5-21)15(14)22/h6,19,21H,4-5,7H2,1-3H3. The van der Waals surface area contributed by atoms with Crippen molar-refractivity contribution in [2.75, 3.05) is 32.1 Å². The average molecular weight is 462 g/mol. The smallest absolute Gasteiger partial charge is 0.337 e. The lowest BCUT2D eigenvalue weighted by molar-refractivity contribution is -0.136. The largest absolute Gasteiger partial charge is 0.466 e. The summed E-state index contributed by atoms with van der Waals surface area (Å²) in [7, 11) is 1.27. The minimum atomic E-state index is -0.562. The molecule has 2 rings (SSSR count). The first-order chi connectivity index (χ1) is 11.3. The molecule has 0 aliphatic carbocycles. The highest BCUT2D eigenvalue weighted by Gasteiger charge is 2.34. The third-order valence-electron chi connectivity index (χ3n) is 3.82. The number of β-amino-alcohol motifs (C(OH)–C–C–N with tert-alkyl or cyclic N) is 1. The highest BCUT2D eigenvalue weighted by molar-refractivity contribution is 9.11. The second-order valence-corrected chi connectivity index (χ2v) is 7.00. The van der Waals surface area contributed by atoms with Crippen molar-refractivity contribution in [3.63, 3.8) is 0 Å². The minimum Gasteiger partial charge on any atom is -0.466 e. The molecule has 0 fully saturated rings. The van der Waals surface area contributed by atoms with Crippen LogP contribution in [0.2, 0.25) is 0 Å². The first-order valence-electron chi connectivity index (χ1n) is 7.25. The fourth-order valence-corrected chi connectivity index (χ4v) is 3.50. The Balaban J connectivity index is 2.45. The maximum Gasteiger partial charge on any atom is 0.337 e. The van der Waals surface area contributed by atoms with Crippen molar-refractivity contribution in [1.82, 2.24) is 4.90 Å². The molecule has 0 unspecified atom stereocenters. The molecule has 1 aliphatic rings. The van der Waals surface area contributed by atoms with E-state index in [1.807, 2.05) is 19.9 Å². The number of ether oxygens (including phenoxy) is 1. The number of halogens is 2. The molecule has 0 saturated heterocycles. The van der Waals surface area contributed by atoms with Gasteiger partial charge in [-0.3, -0.25) is 4.79 Å². The van der Waals surface area contributed by atoms with Crippen LogP contribution in [0.3, 0.4) is 0 Å². The highest BCUT2D eigenvalue weighted by atomic mass is 79.9. The van der Waals surface area contributed by atoms with Gasteiger partial charge in [0.15, 0.2) is 0 Å². The number of amides is 1. The predicted molar refractivity (Wildman–Crippen MR) is 97.6 cm³/mol. The molecule has 24 heavy (non-hydrogen) atoms. The van der Waals surface area contributed by atoms with E-state index in [1.165, 1.54) is 12.0 Å². The Morgan fingerprint density at radius 2 is 2.04 bits per heavy atom. The topological polar surface area (TPSA) is 78.9 Å². The van der Waals surface area contributed by atoms with Crippen LogP contribution in [0.4, 0.5) is 5.69 Å². The van der Waals surface area contributed by atoms with Gasteiger partial charge in [0.25, 0.3) is 5.91 Å². The van der Waals surface area contributed by atoms with Gasteiger partial charge in [-0.1, -0.05) is 15.9 Å². The lowest BCUT2D eigenvalue weighted by Gasteiger charge is -2.17. The molecule has 130 valence electrons. The van der Waals surface area contributed by atoms with Crippen molar-refractivity contribution >= 4 is 49.4 Å². The van der Waals surface area contributed by atoms with Gasteiger partial charge in [-0.2, -0.15) is 0 Å². The SMILES string of the molecule is COC(=O)C1=C(Nc2cc(C)c(Br)c(C)c2Br)C(=O)N(CCO)C1. The Morgan fingerprint density at radius 1 is 1.38 bits per heavy atom. The molecule has 0 saturated carbocycles. The number of carbonyl (C=O) groups excluding carboxylic acids is 2. The summed E-state index contributed by atoms with van der Waals surface area (Å²) in [6, 6.07) is 1.88. The van der Waals surface area contributed by atoms with Gasteiger partial charge in [0.05, 0.1) is 31.5 Å². The molecule has 0 aromatic heterocycles. The highest BCUT2D eigenvalue weighted by Crippen LogP contribution is 2.36. The number of benzene rings is 1. The molecule has 2 N–H and O–H groups in total. The predicted octanol–water partition coefficient (Wildman–Crippen LogP) is 2.50. The second kappa shape index (κ2) is 7.67. The van der Waals surface area contributed by atoms with Gasteiger partial charge in [0.1, 0.15) is 5.70 Å². The van der Waals surface area contributed by atoms with E-state index in [4.69, 9.17) is 9.84 Å². The first kappa shape index (κ1) is 19.0. The number of anilines is 1. The molecule has 0 spiro atoms. The van der Waals surface area contributed by atoms with Gasteiger partial charge in [-0.15, -0.1) is 0 Å². The molecule has 1 amide bonds. The summed E-state index contributed by atoms with van der Waals surface area (Å²) < 4.78 is 6.55. The van der Waals surface area contributed by atoms with E-state index in [1.54, 1.807) is 0 Å². The van der Waals surface area contributed by atoms with Crippen molar-refractivity contribution in [3.05, 3.63) is 37.4 Å². The van der Waals surface area contributed by atoms with Crippen molar-refractivity contribution in [3.8, 4) is 0 Å². The summed E-state index contributed by atoms with van der Waals surface area (Å²) in [5.41, 5.74) is 3.09. The van der Waals surface area contributed by atoms with E-state index in [0.717, 1.165) is 20.1 Å². The third-order valence-corrected chi connectivity index (χ3v) is 6.06. The number of nitrogens with one attached hydrogen (secondary N) is 1. The number of hydrogen-bond donors (Lipinski definition) is 2. The summed E-state index contributed by atoms with van der Waals surface area (Å²) in [6.45, 7) is 3.98. The van der Waals surface area contributed by atoms with Gasteiger partial charge in [-0.25, -0.2) is 4.79 Å². The van der Waals surface area contributed by atoms with Crippen molar-refractivity contribution < 1.29 is 19.4 Å². The summed E-state index contributed by atoms with van der Waals surface area (Å²) in [5.74, 6) is -0.900. The quantitative estimate of drug-likeness (QED) is 0.658. The van der Waals surface area contributed by atoms with E-state index in [-0.39, 0.29) is 36.9 Å². The Bertz CT molecular complexity index is 731. The Labute approximate surface area is 157 Å². The first-order valence-corrected chi connectivity index (χ1v) is 8.84. The third kappa shape index (κ3) is 3.50. The minimum absolute atomic E-state index is 0.112. The van der Waals surface area contributed by atoms with E-state index >= 15 is 0 Å². The van der Waals surface area contributed by atoms with Crippen LogP contribution in [-0.4, -0.2) is 48.7 Å². The number of methoxy groups -OCH3 is 1. The number of nitrogens with zero attached hydrogens (tertiary/aromatic N) is 1. The van der Waals surface area contributed by atoms with Crippen LogP contribution in [0.15, 0.2) is 26.3 Å². The Kier molecular flexibility index (Phi) is 6.06. The zero-order valence-electron chi connectivity index (χ0n) is 13.6.